The predicted octanol–water partition coefficient (Wildman–Crippen LogP) is 1.93. The number of nitrogens with zero attached hydrogens (tertiary/aromatic N) is 3. The van der Waals surface area contributed by atoms with Crippen LogP contribution in [0.25, 0.3) is 10.8 Å². The Balaban J connectivity index is 2.43. The van der Waals surface area contributed by atoms with Crippen molar-refractivity contribution in [1.82, 2.24) is 15.0 Å². The molecule has 78 valence electrons. The van der Waals surface area contributed by atoms with Crippen molar-refractivity contribution in [1.29, 1.82) is 0 Å². The Bertz CT molecular complexity index is 450. The summed E-state index contributed by atoms with van der Waals surface area (Å²) >= 11 is 1.56. The topological polar surface area (TPSA) is 64.7 Å². The lowest BCUT2D eigenvalue weighted by atomic mass is 10.2. The monoisotopic (exact) mass is 220 g/mol. The summed E-state index contributed by atoms with van der Waals surface area (Å²) < 4.78 is 0. The Labute approximate surface area is 92.2 Å². The van der Waals surface area contributed by atoms with Gasteiger partial charge >= 0.3 is 0 Å². The summed E-state index contributed by atoms with van der Waals surface area (Å²) in [6.07, 6.45) is 3.43. The summed E-state index contributed by atoms with van der Waals surface area (Å²) in [4.78, 5) is 13.8. The summed E-state index contributed by atoms with van der Waals surface area (Å²) in [5.41, 5.74) is 6.81. The zero-order valence-electron chi connectivity index (χ0n) is 8.64. The molecule has 0 saturated carbocycles. The first kappa shape index (κ1) is 10.2. The number of hydrogen-bond acceptors (Lipinski definition) is 5. The van der Waals surface area contributed by atoms with Crippen LogP contribution in [-0.2, 0) is 0 Å². The standard InChI is InChI=1S/C10H12N4S/c1-6(11)8-7(2)14-10(15-8)9-12-4-3-5-13-9/h3-6H,11H2,1-2H3. The fourth-order valence-corrected chi connectivity index (χ4v) is 2.30. The highest BCUT2D eigenvalue weighted by Gasteiger charge is 2.13. The predicted molar refractivity (Wildman–Crippen MR) is 60.5 cm³/mol. The van der Waals surface area contributed by atoms with E-state index in [0.29, 0.717) is 5.82 Å². The van der Waals surface area contributed by atoms with E-state index in [0.717, 1.165) is 15.6 Å². The minimum Gasteiger partial charge on any atom is -0.323 e. The van der Waals surface area contributed by atoms with Crippen LogP contribution in [0.1, 0.15) is 23.5 Å². The van der Waals surface area contributed by atoms with Crippen LogP contribution in [0.4, 0.5) is 0 Å². The molecule has 2 rings (SSSR count). The molecule has 0 aliphatic rings. The molecular formula is C10H12N4S. The molecule has 0 aliphatic carbocycles. The summed E-state index contributed by atoms with van der Waals surface area (Å²) in [6.45, 7) is 3.91. The van der Waals surface area contributed by atoms with Crippen LogP contribution in [-0.4, -0.2) is 15.0 Å². The van der Waals surface area contributed by atoms with Gasteiger partial charge in [-0.05, 0) is 19.9 Å². The van der Waals surface area contributed by atoms with Gasteiger partial charge in [0.2, 0.25) is 0 Å². The normalized spacial score (nSPS) is 12.7. The molecule has 2 aromatic heterocycles. The largest absolute Gasteiger partial charge is 0.323 e. The Morgan fingerprint density at radius 3 is 2.53 bits per heavy atom. The molecule has 0 amide bonds. The first-order valence-electron chi connectivity index (χ1n) is 4.69. The molecule has 15 heavy (non-hydrogen) atoms. The van der Waals surface area contributed by atoms with E-state index in [1.165, 1.54) is 0 Å². The van der Waals surface area contributed by atoms with Crippen molar-refractivity contribution in [3.8, 4) is 10.8 Å². The van der Waals surface area contributed by atoms with E-state index in [9.17, 15) is 0 Å². The smallest absolute Gasteiger partial charge is 0.188 e. The van der Waals surface area contributed by atoms with Crippen molar-refractivity contribution in [2.24, 2.45) is 5.73 Å². The van der Waals surface area contributed by atoms with E-state index in [1.54, 1.807) is 29.8 Å². The number of hydrogen-bond donors (Lipinski definition) is 1. The Morgan fingerprint density at radius 2 is 2.00 bits per heavy atom. The van der Waals surface area contributed by atoms with Crippen LogP contribution in [0.15, 0.2) is 18.5 Å². The van der Waals surface area contributed by atoms with E-state index in [1.807, 2.05) is 13.8 Å². The van der Waals surface area contributed by atoms with Gasteiger partial charge in [-0.25, -0.2) is 15.0 Å². The highest BCUT2D eigenvalue weighted by Crippen LogP contribution is 2.28. The molecule has 0 aliphatic heterocycles. The molecule has 1 atom stereocenters. The molecule has 0 bridgehead atoms. The van der Waals surface area contributed by atoms with E-state index in [2.05, 4.69) is 15.0 Å². The van der Waals surface area contributed by atoms with Gasteiger partial charge in [0.25, 0.3) is 0 Å². The van der Waals surface area contributed by atoms with Gasteiger partial charge in [0.1, 0.15) is 0 Å². The van der Waals surface area contributed by atoms with E-state index in [4.69, 9.17) is 5.73 Å². The second-order valence-electron chi connectivity index (χ2n) is 3.33. The van der Waals surface area contributed by atoms with E-state index < -0.39 is 0 Å². The van der Waals surface area contributed by atoms with Gasteiger partial charge in [-0.2, -0.15) is 0 Å². The summed E-state index contributed by atoms with van der Waals surface area (Å²) in [5.74, 6) is 0.664. The van der Waals surface area contributed by atoms with E-state index >= 15 is 0 Å². The fourth-order valence-electron chi connectivity index (χ4n) is 1.34. The Hall–Kier alpha value is -1.33. The minimum absolute atomic E-state index is 0.0139. The maximum absolute atomic E-state index is 5.84. The molecule has 5 heteroatoms. The zero-order chi connectivity index (χ0) is 10.8. The highest BCUT2D eigenvalue weighted by atomic mass is 32.1. The van der Waals surface area contributed by atoms with Gasteiger partial charge in [0.05, 0.1) is 5.69 Å². The van der Waals surface area contributed by atoms with Gasteiger partial charge in [-0.15, -0.1) is 11.3 Å². The summed E-state index contributed by atoms with van der Waals surface area (Å²) in [6, 6.07) is 1.80. The van der Waals surface area contributed by atoms with Crippen LogP contribution in [0.2, 0.25) is 0 Å². The molecule has 0 radical (unpaired) electrons. The molecule has 4 nitrogen and oxygen atoms in total. The van der Waals surface area contributed by atoms with Crippen LogP contribution in [0.5, 0.6) is 0 Å². The fraction of sp³-hybridized carbons (Fsp3) is 0.300. The lowest BCUT2D eigenvalue weighted by molar-refractivity contribution is 0.825. The Morgan fingerprint density at radius 1 is 1.33 bits per heavy atom. The average Bonchev–Trinajstić information content (AvgIpc) is 2.62. The molecular weight excluding hydrogens is 208 g/mol. The molecule has 2 aromatic rings. The van der Waals surface area contributed by atoms with Crippen molar-refractivity contribution in [2.45, 2.75) is 19.9 Å². The van der Waals surface area contributed by atoms with Crippen molar-refractivity contribution >= 4 is 11.3 Å². The molecule has 2 N–H and O–H groups in total. The quantitative estimate of drug-likeness (QED) is 0.839. The van der Waals surface area contributed by atoms with Crippen LogP contribution >= 0.6 is 11.3 Å². The van der Waals surface area contributed by atoms with Crippen molar-refractivity contribution in [3.63, 3.8) is 0 Å². The first-order valence-corrected chi connectivity index (χ1v) is 5.50. The third-order valence-electron chi connectivity index (χ3n) is 2.00. The SMILES string of the molecule is Cc1nc(-c2ncccn2)sc1C(C)N. The van der Waals surface area contributed by atoms with Gasteiger partial charge in [-0.3, -0.25) is 0 Å². The zero-order valence-corrected chi connectivity index (χ0v) is 9.45. The van der Waals surface area contributed by atoms with Crippen molar-refractivity contribution in [3.05, 3.63) is 29.0 Å². The molecule has 0 aromatic carbocycles. The molecule has 0 spiro atoms. The maximum Gasteiger partial charge on any atom is 0.188 e. The van der Waals surface area contributed by atoms with Crippen molar-refractivity contribution < 1.29 is 0 Å². The van der Waals surface area contributed by atoms with Gasteiger partial charge in [-0.1, -0.05) is 0 Å². The van der Waals surface area contributed by atoms with Crippen LogP contribution in [0.3, 0.4) is 0 Å². The lowest BCUT2D eigenvalue weighted by Gasteiger charge is -1.99. The Kier molecular flexibility index (Phi) is 2.75. The van der Waals surface area contributed by atoms with E-state index in [-0.39, 0.29) is 6.04 Å². The van der Waals surface area contributed by atoms with Gasteiger partial charge in [0.15, 0.2) is 10.8 Å². The number of rotatable bonds is 2. The summed E-state index contributed by atoms with van der Waals surface area (Å²) in [7, 11) is 0. The van der Waals surface area contributed by atoms with Crippen LogP contribution < -0.4 is 5.73 Å². The lowest BCUT2D eigenvalue weighted by Crippen LogP contribution is -2.03. The number of thiazole rings is 1. The molecule has 0 fully saturated rings. The third kappa shape index (κ3) is 2.03. The summed E-state index contributed by atoms with van der Waals surface area (Å²) in [5, 5.41) is 0.834. The molecule has 0 saturated heterocycles. The number of nitrogens with two attached hydrogens (primary N) is 1. The van der Waals surface area contributed by atoms with Crippen LogP contribution in [0, 0.1) is 6.92 Å². The second-order valence-corrected chi connectivity index (χ2v) is 4.36. The second kappa shape index (κ2) is 4.04. The number of aromatic nitrogens is 3. The average molecular weight is 220 g/mol. The van der Waals surface area contributed by atoms with Gasteiger partial charge < -0.3 is 5.73 Å². The third-order valence-corrected chi connectivity index (χ3v) is 3.36. The van der Waals surface area contributed by atoms with Crippen molar-refractivity contribution in [2.75, 3.05) is 0 Å². The van der Waals surface area contributed by atoms with Gasteiger partial charge in [0, 0.05) is 23.3 Å². The number of aryl methyl sites for hydroxylation is 1. The maximum atomic E-state index is 5.84. The molecule has 1 unspecified atom stereocenters. The molecule has 2 heterocycles. The minimum atomic E-state index is 0.0139. The first-order chi connectivity index (χ1) is 7.18. The highest BCUT2D eigenvalue weighted by molar-refractivity contribution is 7.15.